The van der Waals surface area contributed by atoms with Crippen LogP contribution in [0.1, 0.15) is 16.7 Å². The highest BCUT2D eigenvalue weighted by Gasteiger charge is 2.36. The van der Waals surface area contributed by atoms with Crippen LogP contribution in [0, 0.1) is 5.82 Å². The number of rotatable bonds is 3. The van der Waals surface area contributed by atoms with Crippen molar-refractivity contribution in [1.29, 1.82) is 0 Å². The van der Waals surface area contributed by atoms with E-state index in [9.17, 15) is 19.1 Å². The molecule has 1 aliphatic heterocycles. The largest absolute Gasteiger partial charge is 0.480 e. The van der Waals surface area contributed by atoms with Crippen molar-refractivity contribution in [1.82, 2.24) is 4.90 Å². The number of fused-ring (bicyclic) bond motifs is 1. The summed E-state index contributed by atoms with van der Waals surface area (Å²) in [6, 6.07) is 12.5. The van der Waals surface area contributed by atoms with Crippen LogP contribution >= 0.6 is 0 Å². The maximum absolute atomic E-state index is 13.9. The fourth-order valence-corrected chi connectivity index (χ4v) is 2.79. The molecule has 1 amide bonds. The molecule has 1 heterocycles. The Morgan fingerprint density at radius 1 is 1.17 bits per heavy atom. The lowest BCUT2D eigenvalue weighted by Crippen LogP contribution is -2.49. The van der Waals surface area contributed by atoms with E-state index in [1.807, 2.05) is 30.3 Å². The first-order valence-corrected chi connectivity index (χ1v) is 7.52. The maximum Gasteiger partial charge on any atom is 0.411 e. The normalized spacial score (nSPS) is 16.4. The Morgan fingerprint density at radius 3 is 2.62 bits per heavy atom. The van der Waals surface area contributed by atoms with Gasteiger partial charge in [-0.2, -0.15) is 0 Å². The van der Waals surface area contributed by atoms with Gasteiger partial charge in [-0.1, -0.05) is 42.5 Å². The van der Waals surface area contributed by atoms with Gasteiger partial charge >= 0.3 is 12.1 Å². The number of benzene rings is 2. The highest BCUT2D eigenvalue weighted by atomic mass is 19.1. The molecule has 1 aliphatic rings. The number of ether oxygens (including phenoxy) is 1. The third kappa shape index (κ3) is 3.22. The van der Waals surface area contributed by atoms with Gasteiger partial charge in [0.1, 0.15) is 18.5 Å². The van der Waals surface area contributed by atoms with E-state index in [-0.39, 0.29) is 19.6 Å². The zero-order chi connectivity index (χ0) is 17.1. The quantitative estimate of drug-likeness (QED) is 0.940. The van der Waals surface area contributed by atoms with Crippen LogP contribution in [-0.4, -0.2) is 28.1 Å². The summed E-state index contributed by atoms with van der Waals surface area (Å²) in [6.45, 7) is 0.0657. The molecule has 0 radical (unpaired) electrons. The van der Waals surface area contributed by atoms with E-state index in [1.54, 1.807) is 12.1 Å². The number of aliphatic carboxylic acids is 1. The average molecular weight is 329 g/mol. The molecule has 0 fully saturated rings. The van der Waals surface area contributed by atoms with Gasteiger partial charge in [-0.25, -0.2) is 14.0 Å². The lowest BCUT2D eigenvalue weighted by Gasteiger charge is -2.33. The Balaban J connectivity index is 1.77. The molecule has 2 aromatic rings. The van der Waals surface area contributed by atoms with Crippen molar-refractivity contribution in [2.75, 3.05) is 0 Å². The molecule has 0 bridgehead atoms. The van der Waals surface area contributed by atoms with Gasteiger partial charge < -0.3 is 9.84 Å². The summed E-state index contributed by atoms with van der Waals surface area (Å²) in [6.07, 6.45) is -0.793. The van der Waals surface area contributed by atoms with Gasteiger partial charge in [0, 0.05) is 6.42 Å². The first kappa shape index (κ1) is 16.0. The third-order valence-electron chi connectivity index (χ3n) is 4.05. The molecule has 1 N–H and O–H groups in total. The molecule has 0 aliphatic carbocycles. The number of carbonyl (C=O) groups excluding carboxylic acids is 1. The molecule has 124 valence electrons. The molecule has 5 nitrogen and oxygen atoms in total. The minimum Gasteiger partial charge on any atom is -0.480 e. The van der Waals surface area contributed by atoms with E-state index in [4.69, 9.17) is 4.74 Å². The number of amides is 1. The van der Waals surface area contributed by atoms with Crippen LogP contribution in [0.25, 0.3) is 0 Å². The smallest absolute Gasteiger partial charge is 0.411 e. The van der Waals surface area contributed by atoms with Gasteiger partial charge in [-0.3, -0.25) is 4.90 Å². The molecule has 2 aromatic carbocycles. The van der Waals surface area contributed by atoms with Crippen LogP contribution in [-0.2, 0) is 29.1 Å². The van der Waals surface area contributed by atoms with E-state index >= 15 is 0 Å². The molecule has 1 atom stereocenters. The highest BCUT2D eigenvalue weighted by Crippen LogP contribution is 2.26. The minimum atomic E-state index is -1.18. The van der Waals surface area contributed by atoms with E-state index < -0.39 is 23.9 Å². The Hall–Kier alpha value is -2.89. The predicted molar refractivity (Wildman–Crippen MR) is 83.7 cm³/mol. The van der Waals surface area contributed by atoms with Crippen LogP contribution in [0.3, 0.4) is 0 Å². The summed E-state index contributed by atoms with van der Waals surface area (Å²) in [5.41, 5.74) is 1.75. The van der Waals surface area contributed by atoms with E-state index in [0.717, 1.165) is 10.5 Å². The van der Waals surface area contributed by atoms with Gasteiger partial charge in [0.25, 0.3) is 0 Å². The molecule has 0 saturated heterocycles. The second-order valence-corrected chi connectivity index (χ2v) is 5.60. The lowest BCUT2D eigenvalue weighted by atomic mass is 9.94. The molecule has 1 unspecified atom stereocenters. The van der Waals surface area contributed by atoms with Gasteiger partial charge in [0.2, 0.25) is 0 Å². The number of carboxylic acid groups (broad SMARTS) is 1. The first-order valence-electron chi connectivity index (χ1n) is 7.52. The van der Waals surface area contributed by atoms with Crippen LogP contribution in [0.5, 0.6) is 0 Å². The van der Waals surface area contributed by atoms with Crippen molar-refractivity contribution in [3.05, 3.63) is 71.0 Å². The molecule has 0 saturated carbocycles. The fourth-order valence-electron chi connectivity index (χ4n) is 2.79. The standard InChI is InChI=1S/C18H16FNO4/c19-15-8-4-7-13-10-20(16(17(21)22)9-14(13)15)18(23)24-11-12-5-2-1-3-6-12/h1-8,16H,9-11H2,(H,21,22). The van der Waals surface area contributed by atoms with Gasteiger partial charge in [-0.05, 0) is 22.8 Å². The third-order valence-corrected chi connectivity index (χ3v) is 4.05. The number of carboxylic acids is 1. The SMILES string of the molecule is O=C(O)C1Cc2c(F)cccc2CN1C(=O)OCc1ccccc1. The van der Waals surface area contributed by atoms with Crippen molar-refractivity contribution >= 4 is 12.1 Å². The molecule has 0 aromatic heterocycles. The van der Waals surface area contributed by atoms with Crippen molar-refractivity contribution in [2.24, 2.45) is 0 Å². The van der Waals surface area contributed by atoms with Gasteiger partial charge in [0.05, 0.1) is 6.54 Å². The summed E-state index contributed by atoms with van der Waals surface area (Å²) >= 11 is 0. The van der Waals surface area contributed by atoms with Crippen LogP contribution in [0.15, 0.2) is 48.5 Å². The van der Waals surface area contributed by atoms with Crippen molar-refractivity contribution in [3.8, 4) is 0 Å². The number of hydrogen-bond acceptors (Lipinski definition) is 3. The Kier molecular flexibility index (Phi) is 4.46. The predicted octanol–water partition coefficient (Wildman–Crippen LogP) is 2.97. The molecular formula is C18H16FNO4. The number of halogens is 1. The lowest BCUT2D eigenvalue weighted by molar-refractivity contribution is -0.143. The maximum atomic E-state index is 13.9. The Morgan fingerprint density at radius 2 is 1.92 bits per heavy atom. The van der Waals surface area contributed by atoms with E-state index in [1.165, 1.54) is 6.07 Å². The van der Waals surface area contributed by atoms with E-state index in [0.29, 0.717) is 11.1 Å². The molecule has 6 heteroatoms. The summed E-state index contributed by atoms with van der Waals surface area (Å²) in [5, 5.41) is 9.39. The molecule has 0 spiro atoms. The molecule has 3 rings (SSSR count). The Bertz CT molecular complexity index is 763. The Labute approximate surface area is 138 Å². The first-order chi connectivity index (χ1) is 11.6. The summed E-state index contributed by atoms with van der Waals surface area (Å²) in [4.78, 5) is 25.0. The monoisotopic (exact) mass is 329 g/mol. The average Bonchev–Trinajstić information content (AvgIpc) is 2.60. The number of hydrogen-bond donors (Lipinski definition) is 1. The van der Waals surface area contributed by atoms with Crippen LogP contribution in [0.4, 0.5) is 9.18 Å². The zero-order valence-corrected chi connectivity index (χ0v) is 12.8. The van der Waals surface area contributed by atoms with Gasteiger partial charge in [0.15, 0.2) is 0 Å². The zero-order valence-electron chi connectivity index (χ0n) is 12.8. The fraction of sp³-hybridized carbons (Fsp3) is 0.222. The van der Waals surface area contributed by atoms with E-state index in [2.05, 4.69) is 0 Å². The topological polar surface area (TPSA) is 66.8 Å². The minimum absolute atomic E-state index is 0.0116. The second kappa shape index (κ2) is 6.70. The molecular weight excluding hydrogens is 313 g/mol. The van der Waals surface area contributed by atoms with Crippen molar-refractivity contribution in [2.45, 2.75) is 25.6 Å². The van der Waals surface area contributed by atoms with Crippen LogP contribution < -0.4 is 0 Å². The highest BCUT2D eigenvalue weighted by molar-refractivity contribution is 5.81. The number of nitrogens with zero attached hydrogens (tertiary/aromatic N) is 1. The molecule has 24 heavy (non-hydrogen) atoms. The summed E-state index contributed by atoms with van der Waals surface area (Å²) in [7, 11) is 0. The summed E-state index contributed by atoms with van der Waals surface area (Å²) in [5.74, 6) is -1.63. The second-order valence-electron chi connectivity index (χ2n) is 5.60. The van der Waals surface area contributed by atoms with Crippen LogP contribution in [0.2, 0.25) is 0 Å². The number of carbonyl (C=O) groups is 2. The van der Waals surface area contributed by atoms with Gasteiger partial charge in [-0.15, -0.1) is 0 Å². The van der Waals surface area contributed by atoms with Crippen molar-refractivity contribution < 1.29 is 23.8 Å². The van der Waals surface area contributed by atoms with Crippen molar-refractivity contribution in [3.63, 3.8) is 0 Å². The summed E-state index contributed by atoms with van der Waals surface area (Å²) < 4.78 is 19.1.